The van der Waals surface area contributed by atoms with Crippen molar-refractivity contribution in [2.45, 2.75) is 65.1 Å². The zero-order chi connectivity index (χ0) is 15.4. The molecular weight excluding hydrogens is 260 g/mol. The Bertz CT molecular complexity index is 424. The molecular formula is C17H32N4. The number of hydrogen-bond acceptors (Lipinski definition) is 3. The van der Waals surface area contributed by atoms with Gasteiger partial charge < -0.3 is 5.32 Å². The fraction of sp³-hybridized carbons (Fsp3) is 0.824. The van der Waals surface area contributed by atoms with Gasteiger partial charge in [-0.3, -0.25) is 9.58 Å². The van der Waals surface area contributed by atoms with E-state index in [0.29, 0.717) is 24.0 Å². The summed E-state index contributed by atoms with van der Waals surface area (Å²) in [7, 11) is 2.07. The van der Waals surface area contributed by atoms with Crippen LogP contribution in [0.25, 0.3) is 0 Å². The summed E-state index contributed by atoms with van der Waals surface area (Å²) < 4.78 is 2.09. The normalized spacial score (nSPS) is 24.7. The lowest BCUT2D eigenvalue weighted by atomic mass is 9.90. The van der Waals surface area contributed by atoms with Gasteiger partial charge in [0.25, 0.3) is 0 Å². The third-order valence-corrected chi connectivity index (χ3v) is 4.67. The highest BCUT2D eigenvalue weighted by atomic mass is 15.3. The van der Waals surface area contributed by atoms with E-state index in [1.807, 2.05) is 0 Å². The topological polar surface area (TPSA) is 33.1 Å². The summed E-state index contributed by atoms with van der Waals surface area (Å²) in [6.45, 7) is 11.3. The van der Waals surface area contributed by atoms with Gasteiger partial charge >= 0.3 is 0 Å². The smallest absolute Gasteiger partial charge is 0.0537 e. The summed E-state index contributed by atoms with van der Waals surface area (Å²) in [6, 6.07) is 1.50. The number of aromatic nitrogens is 2. The molecule has 4 heteroatoms. The average molecular weight is 292 g/mol. The van der Waals surface area contributed by atoms with Crippen LogP contribution in [0.1, 0.15) is 64.6 Å². The molecule has 2 rings (SSSR count). The summed E-state index contributed by atoms with van der Waals surface area (Å²) >= 11 is 0. The molecule has 0 amide bonds. The molecule has 4 nitrogen and oxygen atoms in total. The first-order valence-corrected chi connectivity index (χ1v) is 8.49. The van der Waals surface area contributed by atoms with Crippen molar-refractivity contribution >= 4 is 0 Å². The fourth-order valence-corrected chi connectivity index (χ4v) is 3.58. The second kappa shape index (κ2) is 7.41. The van der Waals surface area contributed by atoms with Crippen molar-refractivity contribution in [1.82, 2.24) is 20.0 Å². The van der Waals surface area contributed by atoms with Crippen LogP contribution in [0.15, 0.2) is 12.4 Å². The van der Waals surface area contributed by atoms with Crippen LogP contribution in [0.3, 0.4) is 0 Å². The molecule has 1 aromatic heterocycles. The Labute approximate surface area is 129 Å². The molecule has 1 saturated heterocycles. The van der Waals surface area contributed by atoms with Crippen molar-refractivity contribution in [2.24, 2.45) is 5.92 Å². The highest BCUT2D eigenvalue weighted by Gasteiger charge is 2.33. The number of nitrogens with one attached hydrogen (secondary N) is 1. The predicted octanol–water partition coefficient (Wildman–Crippen LogP) is 3.24. The van der Waals surface area contributed by atoms with Crippen molar-refractivity contribution in [2.75, 3.05) is 20.1 Å². The Balaban J connectivity index is 2.32. The van der Waals surface area contributed by atoms with E-state index in [-0.39, 0.29) is 0 Å². The molecule has 0 spiro atoms. The molecule has 0 radical (unpaired) electrons. The van der Waals surface area contributed by atoms with E-state index in [4.69, 9.17) is 0 Å². The van der Waals surface area contributed by atoms with E-state index in [9.17, 15) is 0 Å². The second-order valence-corrected chi connectivity index (χ2v) is 6.94. The maximum Gasteiger partial charge on any atom is 0.0537 e. The molecule has 21 heavy (non-hydrogen) atoms. The molecule has 0 aromatic carbocycles. The van der Waals surface area contributed by atoms with Gasteiger partial charge in [-0.2, -0.15) is 5.10 Å². The van der Waals surface area contributed by atoms with Crippen LogP contribution in [0.2, 0.25) is 0 Å². The molecule has 2 heterocycles. The van der Waals surface area contributed by atoms with Crippen LogP contribution in [0.5, 0.6) is 0 Å². The van der Waals surface area contributed by atoms with E-state index in [1.54, 1.807) is 0 Å². The average Bonchev–Trinajstić information content (AvgIpc) is 2.81. The summed E-state index contributed by atoms with van der Waals surface area (Å²) in [5.41, 5.74) is 1.39. The number of nitrogens with zero attached hydrogens (tertiary/aromatic N) is 3. The van der Waals surface area contributed by atoms with Crippen LogP contribution in [-0.2, 0) is 0 Å². The van der Waals surface area contributed by atoms with Crippen LogP contribution in [-0.4, -0.2) is 40.9 Å². The molecule has 2 atom stereocenters. The van der Waals surface area contributed by atoms with Crippen molar-refractivity contribution in [3.63, 3.8) is 0 Å². The molecule has 2 unspecified atom stereocenters. The first kappa shape index (κ1) is 16.5. The van der Waals surface area contributed by atoms with Gasteiger partial charge in [0, 0.05) is 29.9 Å². The van der Waals surface area contributed by atoms with Crippen molar-refractivity contribution in [1.29, 1.82) is 0 Å². The Kier molecular flexibility index (Phi) is 5.82. The zero-order valence-electron chi connectivity index (χ0n) is 14.3. The van der Waals surface area contributed by atoms with Crippen LogP contribution in [0, 0.1) is 5.92 Å². The Morgan fingerprint density at radius 2 is 2.00 bits per heavy atom. The van der Waals surface area contributed by atoms with E-state index >= 15 is 0 Å². The third-order valence-electron chi connectivity index (χ3n) is 4.67. The molecule has 1 aliphatic heterocycles. The minimum absolute atomic E-state index is 0.430. The molecule has 1 aliphatic rings. The van der Waals surface area contributed by atoms with E-state index in [1.165, 1.54) is 31.4 Å². The van der Waals surface area contributed by atoms with E-state index in [0.717, 1.165) is 6.54 Å². The van der Waals surface area contributed by atoms with Gasteiger partial charge in [0.2, 0.25) is 0 Å². The maximum absolute atomic E-state index is 4.58. The van der Waals surface area contributed by atoms with Crippen LogP contribution >= 0.6 is 0 Å². The van der Waals surface area contributed by atoms with Gasteiger partial charge in [-0.05, 0) is 66.6 Å². The largest absolute Gasteiger partial charge is 0.319 e. The van der Waals surface area contributed by atoms with Crippen molar-refractivity contribution in [3.8, 4) is 0 Å². The predicted molar refractivity (Wildman–Crippen MR) is 88.5 cm³/mol. The lowest BCUT2D eigenvalue weighted by Gasteiger charge is -2.37. The minimum Gasteiger partial charge on any atom is -0.319 e. The molecule has 1 fully saturated rings. The molecule has 120 valence electrons. The van der Waals surface area contributed by atoms with E-state index in [2.05, 4.69) is 67.1 Å². The number of hydrogen-bond donors (Lipinski definition) is 1. The lowest BCUT2D eigenvalue weighted by molar-refractivity contribution is 0.118. The summed E-state index contributed by atoms with van der Waals surface area (Å²) in [4.78, 5) is 2.68. The van der Waals surface area contributed by atoms with Gasteiger partial charge in [-0.1, -0.05) is 6.42 Å². The molecule has 1 N–H and O–H groups in total. The first-order valence-electron chi connectivity index (χ1n) is 8.49. The van der Waals surface area contributed by atoms with Crippen molar-refractivity contribution < 1.29 is 0 Å². The molecule has 0 bridgehead atoms. The highest BCUT2D eigenvalue weighted by molar-refractivity contribution is 5.14. The Morgan fingerprint density at radius 3 is 2.57 bits per heavy atom. The first-order chi connectivity index (χ1) is 10.0. The highest BCUT2D eigenvalue weighted by Crippen LogP contribution is 2.36. The third kappa shape index (κ3) is 3.86. The Morgan fingerprint density at radius 1 is 1.24 bits per heavy atom. The quantitative estimate of drug-likeness (QED) is 0.904. The maximum atomic E-state index is 4.58. The summed E-state index contributed by atoms with van der Waals surface area (Å²) in [5.74, 6) is 0.671. The standard InChI is InChI=1S/C17H32N4/c1-13(2)20-9-7-6-8-15(10-18-5)17(20)16-11-19-21(12-16)14(3)4/h11-15,17-18H,6-10H2,1-5H3. The van der Waals surface area contributed by atoms with Crippen molar-refractivity contribution in [3.05, 3.63) is 18.0 Å². The molecule has 0 aliphatic carbocycles. The van der Waals surface area contributed by atoms with Gasteiger partial charge in [0.05, 0.1) is 6.20 Å². The number of rotatable bonds is 5. The minimum atomic E-state index is 0.430. The van der Waals surface area contributed by atoms with E-state index < -0.39 is 0 Å². The Hall–Kier alpha value is -0.870. The SMILES string of the molecule is CNCC1CCCCN(C(C)C)C1c1cnn(C(C)C)c1. The van der Waals surface area contributed by atoms with Crippen LogP contribution in [0.4, 0.5) is 0 Å². The number of likely N-dealkylation sites (tertiary alicyclic amines) is 1. The molecule has 1 aromatic rings. The van der Waals surface area contributed by atoms with Gasteiger partial charge in [0.15, 0.2) is 0 Å². The fourth-order valence-electron chi connectivity index (χ4n) is 3.58. The molecule has 0 saturated carbocycles. The summed E-state index contributed by atoms with van der Waals surface area (Å²) in [5, 5.41) is 7.98. The van der Waals surface area contributed by atoms with Crippen LogP contribution < -0.4 is 5.32 Å². The van der Waals surface area contributed by atoms with Gasteiger partial charge in [-0.15, -0.1) is 0 Å². The lowest BCUT2D eigenvalue weighted by Crippen LogP contribution is -2.40. The zero-order valence-corrected chi connectivity index (χ0v) is 14.3. The summed E-state index contributed by atoms with van der Waals surface area (Å²) in [6.07, 6.45) is 8.31. The second-order valence-electron chi connectivity index (χ2n) is 6.94. The van der Waals surface area contributed by atoms with Gasteiger partial charge in [-0.25, -0.2) is 0 Å². The monoisotopic (exact) mass is 292 g/mol. The van der Waals surface area contributed by atoms with Gasteiger partial charge in [0.1, 0.15) is 0 Å².